The summed E-state index contributed by atoms with van der Waals surface area (Å²) in [6, 6.07) is 21.0. The van der Waals surface area contributed by atoms with Gasteiger partial charge in [0.2, 0.25) is 10.0 Å². The van der Waals surface area contributed by atoms with E-state index in [0.717, 1.165) is 28.6 Å². The van der Waals surface area contributed by atoms with Gasteiger partial charge in [0.25, 0.3) is 0 Å². The third kappa shape index (κ3) is 4.61. The molecule has 0 aliphatic rings. The number of rotatable bonds is 8. The van der Waals surface area contributed by atoms with Crippen LogP contribution in [0.25, 0.3) is 11.0 Å². The minimum atomic E-state index is -3.81. The Kier molecular flexibility index (Phi) is 6.31. The third-order valence-corrected chi connectivity index (χ3v) is 7.75. The van der Waals surface area contributed by atoms with Crippen LogP contribution in [-0.2, 0) is 23.0 Å². The van der Waals surface area contributed by atoms with E-state index in [1.54, 1.807) is 20.1 Å². The predicted octanol–water partition coefficient (Wildman–Crippen LogP) is 4.44. The Morgan fingerprint density at radius 2 is 1.68 bits per heavy atom. The van der Waals surface area contributed by atoms with Crippen LogP contribution in [0.5, 0.6) is 5.75 Å². The van der Waals surface area contributed by atoms with Crippen LogP contribution >= 0.6 is 11.7 Å². The Balaban J connectivity index is 1.72. The number of methoxy groups -OCH3 is 1. The number of sulfonamides is 1. The second-order valence-corrected chi connectivity index (χ2v) is 9.67. The van der Waals surface area contributed by atoms with Gasteiger partial charge in [-0.3, -0.25) is 0 Å². The Labute approximate surface area is 186 Å². The first-order chi connectivity index (χ1) is 15.0. The van der Waals surface area contributed by atoms with Gasteiger partial charge in [0.1, 0.15) is 21.7 Å². The van der Waals surface area contributed by atoms with Gasteiger partial charge in [-0.1, -0.05) is 48.5 Å². The highest BCUT2D eigenvalue weighted by Gasteiger charge is 2.29. The molecular formula is C23H23N3O3S2. The summed E-state index contributed by atoms with van der Waals surface area (Å²) in [5, 5.41) is 0. The Morgan fingerprint density at radius 1 is 0.935 bits per heavy atom. The quantitative estimate of drug-likeness (QED) is 0.394. The standard InChI is InChI=1S/C23H23N3O3S2/c1-17-8-13-21-22(25-30-24-21)23(17)31(27,28)26(15-14-18-6-4-3-5-7-18)16-19-9-11-20(29-2)12-10-19/h3-13H,14-16H2,1-2H3. The largest absolute Gasteiger partial charge is 0.497 e. The van der Waals surface area contributed by atoms with Crippen LogP contribution in [0.1, 0.15) is 16.7 Å². The SMILES string of the molecule is COc1ccc(CN(CCc2ccccc2)S(=O)(=O)c2c(C)ccc3nsnc23)cc1. The van der Waals surface area contributed by atoms with Gasteiger partial charge < -0.3 is 4.74 Å². The van der Waals surface area contributed by atoms with Crippen LogP contribution in [0.4, 0.5) is 0 Å². The van der Waals surface area contributed by atoms with Crippen molar-refractivity contribution in [2.45, 2.75) is 24.8 Å². The van der Waals surface area contributed by atoms with E-state index >= 15 is 0 Å². The lowest BCUT2D eigenvalue weighted by atomic mass is 10.1. The van der Waals surface area contributed by atoms with Crippen molar-refractivity contribution in [3.05, 3.63) is 83.4 Å². The summed E-state index contributed by atoms with van der Waals surface area (Å²) < 4.78 is 43.0. The average Bonchev–Trinajstić information content (AvgIpc) is 3.25. The zero-order chi connectivity index (χ0) is 21.8. The molecule has 0 atom stereocenters. The Morgan fingerprint density at radius 3 is 2.39 bits per heavy atom. The first kappa shape index (κ1) is 21.4. The van der Waals surface area contributed by atoms with E-state index in [1.165, 1.54) is 4.31 Å². The van der Waals surface area contributed by atoms with Crippen LogP contribution in [0.15, 0.2) is 71.6 Å². The van der Waals surface area contributed by atoms with Gasteiger partial charge in [-0.25, -0.2) is 8.42 Å². The molecule has 0 fully saturated rings. The Hall–Kier alpha value is -2.81. The zero-order valence-corrected chi connectivity index (χ0v) is 19.0. The fourth-order valence-corrected chi connectivity index (χ4v) is 5.88. The fourth-order valence-electron chi connectivity index (χ4n) is 3.50. The first-order valence-corrected chi connectivity index (χ1v) is 12.0. The highest BCUT2D eigenvalue weighted by Crippen LogP contribution is 2.29. The summed E-state index contributed by atoms with van der Waals surface area (Å²) in [4.78, 5) is 0.236. The number of nitrogens with zero attached hydrogens (tertiary/aromatic N) is 3. The second-order valence-electron chi connectivity index (χ2n) is 7.27. The summed E-state index contributed by atoms with van der Waals surface area (Å²) >= 11 is 1.03. The number of hydrogen-bond donors (Lipinski definition) is 0. The zero-order valence-electron chi connectivity index (χ0n) is 17.4. The molecule has 0 saturated heterocycles. The topological polar surface area (TPSA) is 72.4 Å². The number of fused-ring (bicyclic) bond motifs is 1. The molecule has 0 N–H and O–H groups in total. The van der Waals surface area contributed by atoms with Crippen LogP contribution in [0.3, 0.4) is 0 Å². The average molecular weight is 454 g/mol. The van der Waals surface area contributed by atoms with E-state index in [2.05, 4.69) is 8.75 Å². The molecule has 1 aromatic heterocycles. The van der Waals surface area contributed by atoms with E-state index in [4.69, 9.17) is 4.74 Å². The molecule has 4 rings (SSSR count). The van der Waals surface area contributed by atoms with Crippen molar-refractivity contribution in [3.63, 3.8) is 0 Å². The Bertz CT molecular complexity index is 1270. The number of aryl methyl sites for hydroxylation is 1. The molecular weight excluding hydrogens is 430 g/mol. The molecule has 0 aliphatic heterocycles. The van der Waals surface area contributed by atoms with Crippen LogP contribution in [0, 0.1) is 6.92 Å². The maximum Gasteiger partial charge on any atom is 0.245 e. The molecule has 0 aliphatic carbocycles. The van der Waals surface area contributed by atoms with Crippen molar-refractivity contribution < 1.29 is 13.2 Å². The summed E-state index contributed by atoms with van der Waals surface area (Å²) in [7, 11) is -2.20. The van der Waals surface area contributed by atoms with Gasteiger partial charge in [-0.15, -0.1) is 0 Å². The number of benzene rings is 3. The number of hydrogen-bond acceptors (Lipinski definition) is 6. The summed E-state index contributed by atoms with van der Waals surface area (Å²) in [6.07, 6.45) is 0.612. The molecule has 160 valence electrons. The van der Waals surface area contributed by atoms with Crippen LogP contribution in [-0.4, -0.2) is 35.1 Å². The molecule has 0 saturated carbocycles. The molecule has 3 aromatic carbocycles. The third-order valence-electron chi connectivity index (χ3n) is 5.19. The van der Waals surface area contributed by atoms with Crippen molar-refractivity contribution in [3.8, 4) is 5.75 Å². The number of ether oxygens (including phenoxy) is 1. The lowest BCUT2D eigenvalue weighted by molar-refractivity contribution is 0.406. The molecule has 6 nitrogen and oxygen atoms in total. The lowest BCUT2D eigenvalue weighted by Crippen LogP contribution is -2.33. The predicted molar refractivity (Wildman–Crippen MR) is 123 cm³/mol. The van der Waals surface area contributed by atoms with Crippen molar-refractivity contribution >= 4 is 32.8 Å². The summed E-state index contributed by atoms with van der Waals surface area (Å²) in [6.45, 7) is 2.41. The highest BCUT2D eigenvalue weighted by molar-refractivity contribution is 7.89. The first-order valence-electron chi connectivity index (χ1n) is 9.88. The highest BCUT2D eigenvalue weighted by atomic mass is 32.2. The maximum absolute atomic E-state index is 13.9. The van der Waals surface area contributed by atoms with Crippen molar-refractivity contribution in [2.24, 2.45) is 0 Å². The number of aromatic nitrogens is 2. The molecule has 0 unspecified atom stereocenters. The van der Waals surface area contributed by atoms with E-state index in [1.807, 2.05) is 60.7 Å². The van der Waals surface area contributed by atoms with Gasteiger partial charge in [0.15, 0.2) is 0 Å². The van der Waals surface area contributed by atoms with Gasteiger partial charge in [-0.2, -0.15) is 13.1 Å². The van der Waals surface area contributed by atoms with E-state index in [9.17, 15) is 8.42 Å². The summed E-state index contributed by atoms with van der Waals surface area (Å²) in [5.41, 5.74) is 3.67. The minimum absolute atomic E-state index is 0.236. The van der Waals surface area contributed by atoms with E-state index < -0.39 is 10.0 Å². The molecule has 0 radical (unpaired) electrons. The van der Waals surface area contributed by atoms with E-state index in [0.29, 0.717) is 29.6 Å². The van der Waals surface area contributed by atoms with Gasteiger partial charge in [-0.05, 0) is 48.2 Å². The molecule has 1 heterocycles. The molecule has 0 spiro atoms. The lowest BCUT2D eigenvalue weighted by Gasteiger charge is -2.23. The molecule has 8 heteroatoms. The maximum atomic E-state index is 13.9. The monoisotopic (exact) mass is 453 g/mol. The molecule has 0 amide bonds. The van der Waals surface area contributed by atoms with E-state index in [-0.39, 0.29) is 11.4 Å². The molecule has 0 bridgehead atoms. The van der Waals surface area contributed by atoms with Crippen molar-refractivity contribution in [1.29, 1.82) is 0 Å². The molecule has 4 aromatic rings. The molecule has 31 heavy (non-hydrogen) atoms. The smallest absolute Gasteiger partial charge is 0.245 e. The second kappa shape index (κ2) is 9.13. The summed E-state index contributed by atoms with van der Waals surface area (Å²) in [5.74, 6) is 0.733. The normalized spacial score (nSPS) is 11.8. The minimum Gasteiger partial charge on any atom is -0.497 e. The van der Waals surface area contributed by atoms with Crippen molar-refractivity contribution in [2.75, 3.05) is 13.7 Å². The van der Waals surface area contributed by atoms with Gasteiger partial charge in [0, 0.05) is 13.1 Å². The van der Waals surface area contributed by atoms with Crippen LogP contribution in [0.2, 0.25) is 0 Å². The fraction of sp³-hybridized carbons (Fsp3) is 0.217. The van der Waals surface area contributed by atoms with Crippen molar-refractivity contribution in [1.82, 2.24) is 13.1 Å². The van der Waals surface area contributed by atoms with Gasteiger partial charge in [0.05, 0.1) is 18.8 Å². The van der Waals surface area contributed by atoms with Crippen LogP contribution < -0.4 is 4.74 Å². The van der Waals surface area contributed by atoms with Gasteiger partial charge >= 0.3 is 0 Å².